The molecular formula is C9H21NO2. The fraction of sp³-hybridized carbons (Fsp3) is 1.00. The van der Waals surface area contributed by atoms with Gasteiger partial charge in [0, 0.05) is 6.61 Å². The summed E-state index contributed by atoms with van der Waals surface area (Å²) in [5.41, 5.74) is 5.32. The van der Waals surface area contributed by atoms with E-state index in [9.17, 15) is 0 Å². The first-order valence-corrected chi connectivity index (χ1v) is 4.74. The molecule has 0 fully saturated rings. The lowest BCUT2D eigenvalue weighted by Crippen LogP contribution is -2.16. The van der Waals surface area contributed by atoms with Crippen LogP contribution in [0.3, 0.4) is 0 Å². The van der Waals surface area contributed by atoms with Crippen molar-refractivity contribution >= 4 is 0 Å². The third-order valence-corrected chi connectivity index (χ3v) is 1.55. The lowest BCUT2D eigenvalue weighted by molar-refractivity contribution is -0.131. The minimum atomic E-state index is -0.0805. The van der Waals surface area contributed by atoms with Gasteiger partial charge in [-0.3, -0.25) is 0 Å². The van der Waals surface area contributed by atoms with E-state index < -0.39 is 0 Å². The molecule has 2 N–H and O–H groups in total. The molecule has 0 aliphatic heterocycles. The standard InChI is InChI=1S/C9H21NO2/c1-3-4-7-11-9(2)12-8-5-6-10/h9H,3-8,10H2,1-2H3. The van der Waals surface area contributed by atoms with Gasteiger partial charge >= 0.3 is 0 Å². The highest BCUT2D eigenvalue weighted by atomic mass is 16.7. The summed E-state index contributed by atoms with van der Waals surface area (Å²) in [6.07, 6.45) is 3.09. The summed E-state index contributed by atoms with van der Waals surface area (Å²) >= 11 is 0. The highest BCUT2D eigenvalue weighted by Gasteiger charge is 1.99. The SMILES string of the molecule is CCCCOC(C)OCCCN. The molecule has 0 radical (unpaired) electrons. The fourth-order valence-electron chi connectivity index (χ4n) is 0.774. The topological polar surface area (TPSA) is 44.5 Å². The number of nitrogens with two attached hydrogens (primary N) is 1. The zero-order chi connectivity index (χ0) is 9.23. The molecule has 0 spiro atoms. The summed E-state index contributed by atoms with van der Waals surface area (Å²) in [4.78, 5) is 0. The van der Waals surface area contributed by atoms with E-state index in [4.69, 9.17) is 15.2 Å². The quantitative estimate of drug-likeness (QED) is 0.449. The van der Waals surface area contributed by atoms with Crippen molar-refractivity contribution in [3.8, 4) is 0 Å². The van der Waals surface area contributed by atoms with Crippen LogP contribution in [0.2, 0.25) is 0 Å². The Kier molecular flexibility index (Phi) is 8.88. The molecule has 0 amide bonds. The van der Waals surface area contributed by atoms with E-state index in [1.165, 1.54) is 0 Å². The maximum absolute atomic E-state index is 5.37. The predicted octanol–water partition coefficient (Wildman–Crippen LogP) is 1.51. The number of ether oxygens (including phenoxy) is 2. The van der Waals surface area contributed by atoms with E-state index in [-0.39, 0.29) is 6.29 Å². The molecule has 1 unspecified atom stereocenters. The molecule has 0 saturated heterocycles. The molecule has 0 aromatic rings. The second-order valence-corrected chi connectivity index (χ2v) is 2.80. The van der Waals surface area contributed by atoms with E-state index in [0.717, 1.165) is 25.9 Å². The van der Waals surface area contributed by atoms with Crippen LogP contribution in [0.1, 0.15) is 33.1 Å². The number of rotatable bonds is 8. The number of hydrogen-bond donors (Lipinski definition) is 1. The van der Waals surface area contributed by atoms with Crippen molar-refractivity contribution in [1.82, 2.24) is 0 Å². The first-order chi connectivity index (χ1) is 5.81. The Morgan fingerprint density at radius 2 is 1.75 bits per heavy atom. The summed E-state index contributed by atoms with van der Waals surface area (Å²) in [5, 5.41) is 0. The molecule has 1 atom stereocenters. The van der Waals surface area contributed by atoms with Crippen molar-refractivity contribution in [1.29, 1.82) is 0 Å². The molecule has 12 heavy (non-hydrogen) atoms. The first-order valence-electron chi connectivity index (χ1n) is 4.74. The fourth-order valence-corrected chi connectivity index (χ4v) is 0.774. The zero-order valence-electron chi connectivity index (χ0n) is 8.21. The lowest BCUT2D eigenvalue weighted by Gasteiger charge is -2.13. The summed E-state index contributed by atoms with van der Waals surface area (Å²) < 4.78 is 10.7. The molecule has 0 aliphatic carbocycles. The lowest BCUT2D eigenvalue weighted by atomic mass is 10.4. The van der Waals surface area contributed by atoms with E-state index in [2.05, 4.69) is 6.92 Å². The van der Waals surface area contributed by atoms with Crippen LogP contribution in [0.4, 0.5) is 0 Å². The van der Waals surface area contributed by atoms with E-state index in [1.54, 1.807) is 0 Å². The average molecular weight is 175 g/mol. The van der Waals surface area contributed by atoms with Gasteiger partial charge in [-0.25, -0.2) is 0 Å². The monoisotopic (exact) mass is 175 g/mol. The molecule has 3 nitrogen and oxygen atoms in total. The Hall–Kier alpha value is -0.120. The van der Waals surface area contributed by atoms with Gasteiger partial charge in [0.1, 0.15) is 0 Å². The molecule has 74 valence electrons. The summed E-state index contributed by atoms with van der Waals surface area (Å²) in [6.45, 7) is 6.24. The minimum absolute atomic E-state index is 0.0805. The van der Waals surface area contributed by atoms with Crippen LogP contribution in [0.15, 0.2) is 0 Å². The van der Waals surface area contributed by atoms with E-state index in [1.807, 2.05) is 6.92 Å². The highest BCUT2D eigenvalue weighted by Crippen LogP contribution is 1.97. The zero-order valence-corrected chi connectivity index (χ0v) is 8.21. The average Bonchev–Trinajstić information content (AvgIpc) is 2.06. The van der Waals surface area contributed by atoms with Gasteiger partial charge < -0.3 is 15.2 Å². The van der Waals surface area contributed by atoms with Crippen molar-refractivity contribution in [2.24, 2.45) is 5.73 Å². The Morgan fingerprint density at radius 3 is 2.25 bits per heavy atom. The Labute approximate surface area is 75.2 Å². The normalized spacial score (nSPS) is 13.2. The second-order valence-electron chi connectivity index (χ2n) is 2.80. The summed E-state index contributed by atoms with van der Waals surface area (Å²) in [7, 11) is 0. The van der Waals surface area contributed by atoms with Crippen LogP contribution in [0, 0.1) is 0 Å². The molecule has 3 heteroatoms. The Morgan fingerprint density at radius 1 is 1.17 bits per heavy atom. The Bertz CT molecular complexity index is 78.6. The molecule has 0 bridgehead atoms. The van der Waals surface area contributed by atoms with Gasteiger partial charge in [-0.05, 0) is 26.3 Å². The van der Waals surface area contributed by atoms with Gasteiger partial charge in [0.2, 0.25) is 0 Å². The van der Waals surface area contributed by atoms with E-state index in [0.29, 0.717) is 13.2 Å². The minimum Gasteiger partial charge on any atom is -0.353 e. The smallest absolute Gasteiger partial charge is 0.154 e. The van der Waals surface area contributed by atoms with E-state index >= 15 is 0 Å². The van der Waals surface area contributed by atoms with Gasteiger partial charge in [0.15, 0.2) is 6.29 Å². The summed E-state index contributed by atoms with van der Waals surface area (Å²) in [6, 6.07) is 0. The maximum atomic E-state index is 5.37. The molecule has 0 aliphatic rings. The molecule has 0 saturated carbocycles. The van der Waals surface area contributed by atoms with Gasteiger partial charge in [-0.1, -0.05) is 13.3 Å². The third-order valence-electron chi connectivity index (χ3n) is 1.55. The van der Waals surface area contributed by atoms with Crippen LogP contribution in [0.5, 0.6) is 0 Å². The van der Waals surface area contributed by atoms with Gasteiger partial charge in [-0.15, -0.1) is 0 Å². The molecule has 0 rings (SSSR count). The second kappa shape index (κ2) is 8.97. The Balaban J connectivity index is 3.04. The van der Waals surface area contributed by atoms with Gasteiger partial charge in [-0.2, -0.15) is 0 Å². The molecule has 0 aromatic heterocycles. The predicted molar refractivity (Wildman–Crippen MR) is 49.9 cm³/mol. The van der Waals surface area contributed by atoms with Gasteiger partial charge in [0.05, 0.1) is 6.61 Å². The van der Waals surface area contributed by atoms with Crippen LogP contribution in [-0.4, -0.2) is 26.0 Å². The highest BCUT2D eigenvalue weighted by molar-refractivity contribution is 4.38. The van der Waals surface area contributed by atoms with Crippen molar-refractivity contribution in [3.05, 3.63) is 0 Å². The van der Waals surface area contributed by atoms with Crippen LogP contribution in [-0.2, 0) is 9.47 Å². The number of hydrogen-bond acceptors (Lipinski definition) is 3. The molecule has 0 heterocycles. The van der Waals surface area contributed by atoms with Crippen molar-refractivity contribution in [2.45, 2.75) is 39.4 Å². The van der Waals surface area contributed by atoms with Crippen LogP contribution >= 0.6 is 0 Å². The third kappa shape index (κ3) is 7.98. The van der Waals surface area contributed by atoms with Crippen LogP contribution in [0.25, 0.3) is 0 Å². The van der Waals surface area contributed by atoms with Crippen LogP contribution < -0.4 is 5.73 Å². The molecular weight excluding hydrogens is 154 g/mol. The van der Waals surface area contributed by atoms with Crippen molar-refractivity contribution in [2.75, 3.05) is 19.8 Å². The number of unbranched alkanes of at least 4 members (excludes halogenated alkanes) is 1. The maximum Gasteiger partial charge on any atom is 0.154 e. The van der Waals surface area contributed by atoms with Crippen molar-refractivity contribution < 1.29 is 9.47 Å². The van der Waals surface area contributed by atoms with Gasteiger partial charge in [0.25, 0.3) is 0 Å². The van der Waals surface area contributed by atoms with Crippen molar-refractivity contribution in [3.63, 3.8) is 0 Å². The molecule has 0 aromatic carbocycles. The first kappa shape index (κ1) is 11.9. The largest absolute Gasteiger partial charge is 0.353 e. The summed E-state index contributed by atoms with van der Waals surface area (Å²) in [5.74, 6) is 0.